The Morgan fingerprint density at radius 3 is 2.62 bits per heavy atom. The van der Waals surface area contributed by atoms with Gasteiger partial charge in [0.15, 0.2) is 0 Å². The van der Waals surface area contributed by atoms with Gasteiger partial charge in [-0.3, -0.25) is 0 Å². The van der Waals surface area contributed by atoms with Gasteiger partial charge in [-0.25, -0.2) is 0 Å². The zero-order valence-corrected chi connectivity index (χ0v) is 11.9. The molecule has 0 bridgehead atoms. The van der Waals surface area contributed by atoms with Crippen LogP contribution in [0, 0.1) is 12.3 Å². The van der Waals surface area contributed by atoms with Crippen molar-refractivity contribution in [3.05, 3.63) is 28.2 Å². The topological polar surface area (TPSA) is 38.0 Å². The summed E-state index contributed by atoms with van der Waals surface area (Å²) in [5.41, 5.74) is 8.24. The Morgan fingerprint density at radius 2 is 2.06 bits per heavy atom. The van der Waals surface area contributed by atoms with E-state index in [9.17, 15) is 0 Å². The summed E-state index contributed by atoms with van der Waals surface area (Å²) in [6, 6.07) is 6.35. The van der Waals surface area contributed by atoms with Gasteiger partial charge in [-0.1, -0.05) is 19.9 Å². The van der Waals surface area contributed by atoms with Crippen molar-refractivity contribution in [1.29, 1.82) is 0 Å². The van der Waals surface area contributed by atoms with Crippen molar-refractivity contribution < 1.29 is 0 Å². The SMILES string of the molecule is Cc1ccc(NCC(C)(C)CCN)c(Br)c1. The fourth-order valence-corrected chi connectivity index (χ4v) is 2.21. The highest BCUT2D eigenvalue weighted by Gasteiger charge is 2.16. The van der Waals surface area contributed by atoms with E-state index in [0.29, 0.717) is 0 Å². The molecule has 3 N–H and O–H groups in total. The number of halogens is 1. The maximum atomic E-state index is 5.60. The zero-order valence-electron chi connectivity index (χ0n) is 10.3. The van der Waals surface area contributed by atoms with Crippen LogP contribution >= 0.6 is 15.9 Å². The number of aryl methyl sites for hydroxylation is 1. The summed E-state index contributed by atoms with van der Waals surface area (Å²) in [5.74, 6) is 0. The summed E-state index contributed by atoms with van der Waals surface area (Å²) in [6.45, 7) is 8.23. The van der Waals surface area contributed by atoms with Gasteiger partial charge in [0.1, 0.15) is 0 Å². The van der Waals surface area contributed by atoms with Crippen molar-refractivity contribution in [2.45, 2.75) is 27.2 Å². The molecule has 0 atom stereocenters. The fraction of sp³-hybridized carbons (Fsp3) is 0.538. The third-order valence-corrected chi connectivity index (χ3v) is 3.36. The standard InChI is InChI=1S/C13H21BrN2/c1-10-4-5-12(11(14)8-10)16-9-13(2,3)6-7-15/h4-5,8,16H,6-7,9,15H2,1-3H3. The Labute approximate surface area is 107 Å². The second-order valence-corrected chi connectivity index (χ2v) is 5.89. The molecule has 0 aliphatic carbocycles. The van der Waals surface area contributed by atoms with Gasteiger partial charge in [-0.15, -0.1) is 0 Å². The molecule has 1 aromatic rings. The van der Waals surface area contributed by atoms with Crippen LogP contribution in [-0.4, -0.2) is 13.1 Å². The van der Waals surface area contributed by atoms with Crippen molar-refractivity contribution in [3.8, 4) is 0 Å². The first kappa shape index (κ1) is 13.5. The van der Waals surface area contributed by atoms with Gasteiger partial charge in [0.2, 0.25) is 0 Å². The van der Waals surface area contributed by atoms with E-state index >= 15 is 0 Å². The van der Waals surface area contributed by atoms with Crippen LogP contribution < -0.4 is 11.1 Å². The second kappa shape index (κ2) is 5.69. The summed E-state index contributed by atoms with van der Waals surface area (Å²) in [6.07, 6.45) is 1.03. The number of nitrogens with two attached hydrogens (primary N) is 1. The lowest BCUT2D eigenvalue weighted by Gasteiger charge is -2.25. The molecule has 0 amide bonds. The molecule has 0 heterocycles. The van der Waals surface area contributed by atoms with Gasteiger partial charge in [0, 0.05) is 16.7 Å². The molecule has 0 saturated heterocycles. The minimum atomic E-state index is 0.235. The average Bonchev–Trinajstić information content (AvgIpc) is 2.16. The summed E-state index contributed by atoms with van der Waals surface area (Å²) in [4.78, 5) is 0. The molecule has 0 aromatic heterocycles. The first-order valence-corrected chi connectivity index (χ1v) is 6.44. The Kier molecular flexibility index (Phi) is 4.81. The summed E-state index contributed by atoms with van der Waals surface area (Å²) < 4.78 is 1.12. The van der Waals surface area contributed by atoms with E-state index in [2.05, 4.69) is 60.2 Å². The van der Waals surface area contributed by atoms with E-state index in [4.69, 9.17) is 5.73 Å². The smallest absolute Gasteiger partial charge is 0.0485 e. The predicted octanol–water partition coefficient (Wildman–Crippen LogP) is 3.54. The highest BCUT2D eigenvalue weighted by Crippen LogP contribution is 2.26. The van der Waals surface area contributed by atoms with Crippen LogP contribution in [0.1, 0.15) is 25.8 Å². The number of benzene rings is 1. The highest BCUT2D eigenvalue weighted by molar-refractivity contribution is 9.10. The zero-order chi connectivity index (χ0) is 12.2. The molecule has 1 rings (SSSR count). The van der Waals surface area contributed by atoms with E-state index in [-0.39, 0.29) is 5.41 Å². The molecule has 0 aliphatic heterocycles. The average molecular weight is 285 g/mol. The quantitative estimate of drug-likeness (QED) is 0.868. The van der Waals surface area contributed by atoms with Gasteiger partial charge < -0.3 is 11.1 Å². The van der Waals surface area contributed by atoms with Crippen LogP contribution in [0.25, 0.3) is 0 Å². The number of nitrogens with one attached hydrogen (secondary N) is 1. The summed E-state index contributed by atoms with van der Waals surface area (Å²) in [5, 5.41) is 3.46. The number of rotatable bonds is 5. The van der Waals surface area contributed by atoms with Gasteiger partial charge in [0.05, 0.1) is 0 Å². The van der Waals surface area contributed by atoms with E-state index in [1.54, 1.807) is 0 Å². The summed E-state index contributed by atoms with van der Waals surface area (Å²) in [7, 11) is 0. The van der Waals surface area contributed by atoms with Crippen molar-refractivity contribution in [2.24, 2.45) is 11.1 Å². The Hall–Kier alpha value is -0.540. The second-order valence-electron chi connectivity index (χ2n) is 5.04. The van der Waals surface area contributed by atoms with Crippen molar-refractivity contribution >= 4 is 21.6 Å². The van der Waals surface area contributed by atoms with Gasteiger partial charge >= 0.3 is 0 Å². The predicted molar refractivity (Wildman–Crippen MR) is 74.8 cm³/mol. The Balaban J connectivity index is 2.61. The monoisotopic (exact) mass is 284 g/mol. The molecular weight excluding hydrogens is 264 g/mol. The number of anilines is 1. The van der Waals surface area contributed by atoms with Crippen LogP contribution in [0.5, 0.6) is 0 Å². The Bertz CT molecular complexity index is 348. The van der Waals surface area contributed by atoms with Crippen LogP contribution in [0.2, 0.25) is 0 Å². The molecule has 16 heavy (non-hydrogen) atoms. The molecule has 0 radical (unpaired) electrons. The first-order chi connectivity index (χ1) is 7.44. The van der Waals surface area contributed by atoms with Gasteiger partial charge in [-0.05, 0) is 58.9 Å². The molecule has 3 heteroatoms. The minimum absolute atomic E-state index is 0.235. The van der Waals surface area contributed by atoms with E-state index in [1.165, 1.54) is 5.56 Å². The molecule has 2 nitrogen and oxygen atoms in total. The third-order valence-electron chi connectivity index (χ3n) is 2.70. The highest BCUT2D eigenvalue weighted by atomic mass is 79.9. The fourth-order valence-electron chi connectivity index (χ4n) is 1.58. The van der Waals surface area contributed by atoms with Gasteiger partial charge in [0.25, 0.3) is 0 Å². The molecular formula is C13H21BrN2. The van der Waals surface area contributed by atoms with E-state index in [0.717, 1.165) is 29.7 Å². The molecule has 90 valence electrons. The first-order valence-electron chi connectivity index (χ1n) is 5.65. The van der Waals surface area contributed by atoms with E-state index < -0.39 is 0 Å². The lowest BCUT2D eigenvalue weighted by Crippen LogP contribution is -2.26. The van der Waals surface area contributed by atoms with Crippen molar-refractivity contribution in [2.75, 3.05) is 18.4 Å². The maximum Gasteiger partial charge on any atom is 0.0485 e. The van der Waals surface area contributed by atoms with Crippen molar-refractivity contribution in [3.63, 3.8) is 0 Å². The number of hydrogen-bond donors (Lipinski definition) is 2. The Morgan fingerprint density at radius 1 is 1.38 bits per heavy atom. The molecule has 0 spiro atoms. The van der Waals surface area contributed by atoms with Crippen molar-refractivity contribution in [1.82, 2.24) is 0 Å². The van der Waals surface area contributed by atoms with Crippen LogP contribution in [0.3, 0.4) is 0 Å². The normalized spacial score (nSPS) is 11.6. The minimum Gasteiger partial charge on any atom is -0.384 e. The number of hydrogen-bond acceptors (Lipinski definition) is 2. The molecule has 0 fully saturated rings. The lowest BCUT2D eigenvalue weighted by atomic mass is 9.89. The van der Waals surface area contributed by atoms with Gasteiger partial charge in [-0.2, -0.15) is 0 Å². The largest absolute Gasteiger partial charge is 0.384 e. The molecule has 0 aliphatic rings. The van der Waals surface area contributed by atoms with Crippen LogP contribution in [0.4, 0.5) is 5.69 Å². The third kappa shape index (κ3) is 4.14. The molecule has 0 unspecified atom stereocenters. The maximum absolute atomic E-state index is 5.60. The lowest BCUT2D eigenvalue weighted by molar-refractivity contribution is 0.365. The van der Waals surface area contributed by atoms with Crippen LogP contribution in [0.15, 0.2) is 22.7 Å². The van der Waals surface area contributed by atoms with E-state index in [1.807, 2.05) is 0 Å². The van der Waals surface area contributed by atoms with Crippen LogP contribution in [-0.2, 0) is 0 Å². The summed E-state index contributed by atoms with van der Waals surface area (Å²) >= 11 is 3.57. The molecule has 1 aromatic carbocycles. The molecule has 0 saturated carbocycles.